The van der Waals surface area contributed by atoms with Gasteiger partial charge in [0.15, 0.2) is 0 Å². The van der Waals surface area contributed by atoms with E-state index in [-0.39, 0.29) is 6.61 Å². The summed E-state index contributed by atoms with van der Waals surface area (Å²) in [7, 11) is 0. The summed E-state index contributed by atoms with van der Waals surface area (Å²) in [5, 5.41) is 37.9. The van der Waals surface area contributed by atoms with E-state index in [2.05, 4.69) is 34.7 Å². The molecule has 0 amide bonds. The number of rotatable bonds is 8. The SMILES string of the molecule is Cc1ccc(CCNc2nc(C)c(-c3nc4cnccc4s3)c(N[C@@H]3C[C@H](CO)[C@@H](O)[C@H]3O)n2)s1. The molecule has 4 atom stereocenters. The molecule has 4 aromatic heterocycles. The summed E-state index contributed by atoms with van der Waals surface area (Å²) in [6.45, 7) is 4.50. The van der Waals surface area contributed by atoms with Gasteiger partial charge in [0.25, 0.3) is 0 Å². The summed E-state index contributed by atoms with van der Waals surface area (Å²) in [6, 6.07) is 5.71. The molecular weight excluding hydrogens is 484 g/mol. The van der Waals surface area contributed by atoms with E-state index < -0.39 is 24.2 Å². The van der Waals surface area contributed by atoms with Gasteiger partial charge < -0.3 is 26.0 Å². The van der Waals surface area contributed by atoms with Crippen molar-refractivity contribution in [3.05, 3.63) is 46.0 Å². The maximum Gasteiger partial charge on any atom is 0.224 e. The molecule has 5 N–H and O–H groups in total. The number of thiophene rings is 1. The summed E-state index contributed by atoms with van der Waals surface area (Å²) in [6.07, 6.45) is 2.73. The van der Waals surface area contributed by atoms with Crippen molar-refractivity contribution in [1.82, 2.24) is 19.9 Å². The van der Waals surface area contributed by atoms with Crippen molar-refractivity contribution < 1.29 is 15.3 Å². The fraction of sp³-hybridized carbons (Fsp3) is 0.417. The summed E-state index contributed by atoms with van der Waals surface area (Å²) < 4.78 is 1.01. The third-order valence-electron chi connectivity index (χ3n) is 6.30. The van der Waals surface area contributed by atoms with Crippen LogP contribution in [0.5, 0.6) is 0 Å². The Hall–Kier alpha value is -2.70. The second-order valence-corrected chi connectivity index (χ2v) is 11.2. The van der Waals surface area contributed by atoms with Crippen LogP contribution in [0.1, 0.15) is 21.9 Å². The number of aromatic nitrogens is 4. The van der Waals surface area contributed by atoms with E-state index in [1.54, 1.807) is 23.7 Å². The van der Waals surface area contributed by atoms with Gasteiger partial charge in [0, 0.05) is 35.0 Å². The average Bonchev–Trinajstić information content (AvgIpc) is 3.52. The first kappa shape index (κ1) is 24.0. The van der Waals surface area contributed by atoms with Crippen LogP contribution in [0.2, 0.25) is 0 Å². The third kappa shape index (κ3) is 5.00. The molecule has 1 saturated carbocycles. The molecule has 0 radical (unpaired) electrons. The lowest BCUT2D eigenvalue weighted by molar-refractivity contribution is 0.00446. The Bertz CT molecular complexity index is 1290. The quantitative estimate of drug-likeness (QED) is 0.241. The molecule has 1 aliphatic rings. The number of aliphatic hydroxyl groups is 3. The van der Waals surface area contributed by atoms with E-state index in [1.165, 1.54) is 21.1 Å². The van der Waals surface area contributed by atoms with Crippen molar-refractivity contribution >= 4 is 44.7 Å². The van der Waals surface area contributed by atoms with Gasteiger partial charge in [0.05, 0.1) is 34.3 Å². The lowest BCUT2D eigenvalue weighted by atomic mass is 10.1. The number of nitrogens with one attached hydrogen (secondary N) is 2. The molecule has 0 bridgehead atoms. The van der Waals surface area contributed by atoms with E-state index in [4.69, 9.17) is 15.0 Å². The van der Waals surface area contributed by atoms with Gasteiger partial charge in [-0.15, -0.1) is 22.7 Å². The van der Waals surface area contributed by atoms with E-state index in [0.29, 0.717) is 24.7 Å². The lowest BCUT2D eigenvalue weighted by Gasteiger charge is -2.21. The first-order valence-electron chi connectivity index (χ1n) is 11.5. The zero-order valence-electron chi connectivity index (χ0n) is 19.5. The number of aryl methyl sites for hydroxylation is 2. The Morgan fingerprint density at radius 1 is 1.06 bits per heavy atom. The van der Waals surface area contributed by atoms with Gasteiger partial charge in [-0.2, -0.15) is 4.98 Å². The van der Waals surface area contributed by atoms with Crippen molar-refractivity contribution in [3.8, 4) is 10.6 Å². The van der Waals surface area contributed by atoms with Crippen LogP contribution in [0.25, 0.3) is 20.8 Å². The Morgan fingerprint density at radius 3 is 2.63 bits per heavy atom. The summed E-state index contributed by atoms with van der Waals surface area (Å²) in [5.41, 5.74) is 2.29. The van der Waals surface area contributed by atoms with Crippen molar-refractivity contribution in [2.75, 3.05) is 23.8 Å². The zero-order chi connectivity index (χ0) is 24.5. The van der Waals surface area contributed by atoms with Crippen LogP contribution < -0.4 is 10.6 Å². The Balaban J connectivity index is 1.46. The monoisotopic (exact) mass is 512 g/mol. The minimum atomic E-state index is -1.02. The maximum absolute atomic E-state index is 10.6. The highest BCUT2D eigenvalue weighted by Gasteiger charge is 2.41. The summed E-state index contributed by atoms with van der Waals surface area (Å²) >= 11 is 3.30. The van der Waals surface area contributed by atoms with E-state index >= 15 is 0 Å². The highest BCUT2D eigenvalue weighted by Crippen LogP contribution is 2.38. The van der Waals surface area contributed by atoms with Crippen molar-refractivity contribution in [1.29, 1.82) is 0 Å². The number of thiazole rings is 1. The predicted molar refractivity (Wildman–Crippen MR) is 139 cm³/mol. The van der Waals surface area contributed by atoms with E-state index in [9.17, 15) is 15.3 Å². The molecule has 0 aromatic carbocycles. The Kier molecular flexibility index (Phi) is 6.94. The number of aliphatic hydroxyl groups excluding tert-OH is 3. The number of anilines is 2. The number of pyridine rings is 1. The normalized spacial score (nSPS) is 22.1. The number of hydrogen-bond acceptors (Lipinski definition) is 11. The molecule has 1 aliphatic carbocycles. The predicted octanol–water partition coefficient (Wildman–Crippen LogP) is 3.00. The smallest absolute Gasteiger partial charge is 0.224 e. The molecule has 4 heterocycles. The fourth-order valence-corrected chi connectivity index (χ4v) is 6.36. The van der Waals surface area contributed by atoms with Crippen molar-refractivity contribution in [3.63, 3.8) is 0 Å². The largest absolute Gasteiger partial charge is 0.396 e. The molecule has 0 spiro atoms. The average molecular weight is 513 g/mol. The fourth-order valence-electron chi connectivity index (χ4n) is 4.44. The van der Waals surface area contributed by atoms with Gasteiger partial charge in [-0.05, 0) is 44.9 Å². The molecule has 5 rings (SSSR count). The minimum absolute atomic E-state index is 0.189. The van der Waals surface area contributed by atoms with Crippen LogP contribution in [0, 0.1) is 19.8 Å². The van der Waals surface area contributed by atoms with Gasteiger partial charge in [-0.25, -0.2) is 9.97 Å². The Labute approximate surface area is 211 Å². The maximum atomic E-state index is 10.6. The molecule has 4 aromatic rings. The standard InChI is InChI=1S/C24H28N6O3S2/c1-12-3-4-15(34-12)5-8-26-24-27-13(2)19(23-29-17-10-25-7-6-18(17)35-23)22(30-24)28-16-9-14(11-31)20(32)21(16)33/h3-4,6-7,10,14,16,20-21,31-33H,5,8-9,11H2,1-2H3,(H2,26,27,28,30)/t14-,16-,20-,21+/m1/s1. The van der Waals surface area contributed by atoms with Crippen LogP contribution in [-0.2, 0) is 6.42 Å². The first-order valence-corrected chi connectivity index (χ1v) is 13.2. The minimum Gasteiger partial charge on any atom is -0.396 e. The van der Waals surface area contributed by atoms with E-state index in [0.717, 1.165) is 32.9 Å². The Morgan fingerprint density at radius 2 is 1.91 bits per heavy atom. The molecule has 1 fully saturated rings. The van der Waals surface area contributed by atoms with Gasteiger partial charge in [0.1, 0.15) is 22.4 Å². The molecule has 9 nitrogen and oxygen atoms in total. The third-order valence-corrected chi connectivity index (χ3v) is 8.42. The van der Waals surface area contributed by atoms with Crippen LogP contribution in [-0.4, -0.2) is 66.7 Å². The molecule has 0 saturated heterocycles. The van der Waals surface area contributed by atoms with Crippen LogP contribution in [0.4, 0.5) is 11.8 Å². The molecule has 0 unspecified atom stereocenters. The lowest BCUT2D eigenvalue weighted by Crippen LogP contribution is -2.35. The van der Waals surface area contributed by atoms with E-state index in [1.807, 2.05) is 13.0 Å². The van der Waals surface area contributed by atoms with Crippen LogP contribution in [0.3, 0.4) is 0 Å². The molecule has 0 aliphatic heterocycles. The highest BCUT2D eigenvalue weighted by atomic mass is 32.1. The number of hydrogen-bond donors (Lipinski definition) is 5. The van der Waals surface area contributed by atoms with Crippen LogP contribution >= 0.6 is 22.7 Å². The van der Waals surface area contributed by atoms with Gasteiger partial charge in [0.2, 0.25) is 5.95 Å². The number of nitrogens with zero attached hydrogens (tertiary/aromatic N) is 4. The topological polar surface area (TPSA) is 136 Å². The second-order valence-electron chi connectivity index (χ2n) is 8.82. The second kappa shape index (κ2) is 10.1. The van der Waals surface area contributed by atoms with Crippen LogP contribution in [0.15, 0.2) is 30.6 Å². The molecule has 11 heteroatoms. The van der Waals surface area contributed by atoms with Gasteiger partial charge >= 0.3 is 0 Å². The van der Waals surface area contributed by atoms with Crippen molar-refractivity contribution in [2.24, 2.45) is 5.92 Å². The summed E-state index contributed by atoms with van der Waals surface area (Å²) in [4.78, 5) is 20.9. The first-order chi connectivity index (χ1) is 16.9. The highest BCUT2D eigenvalue weighted by molar-refractivity contribution is 7.21. The molecule has 184 valence electrons. The zero-order valence-corrected chi connectivity index (χ0v) is 21.1. The summed E-state index contributed by atoms with van der Waals surface area (Å²) in [5.74, 6) is 0.625. The van der Waals surface area contributed by atoms with Gasteiger partial charge in [-0.1, -0.05) is 0 Å². The number of fused-ring (bicyclic) bond motifs is 1. The molecular formula is C24H28N6O3S2. The molecule has 35 heavy (non-hydrogen) atoms. The van der Waals surface area contributed by atoms with Gasteiger partial charge in [-0.3, -0.25) is 4.98 Å². The van der Waals surface area contributed by atoms with Crippen molar-refractivity contribution in [2.45, 2.75) is 44.9 Å².